The van der Waals surface area contributed by atoms with Crippen LogP contribution in [0.2, 0.25) is 5.02 Å². The fourth-order valence-corrected chi connectivity index (χ4v) is 2.28. The summed E-state index contributed by atoms with van der Waals surface area (Å²) in [4.78, 5) is 15.6. The van der Waals surface area contributed by atoms with Gasteiger partial charge in [0.2, 0.25) is 5.91 Å². The Hall–Kier alpha value is -1.26. The molecule has 1 aromatic carbocycles. The highest BCUT2D eigenvalue weighted by Crippen LogP contribution is 2.28. The van der Waals surface area contributed by atoms with Gasteiger partial charge in [0.15, 0.2) is 0 Å². The van der Waals surface area contributed by atoms with Gasteiger partial charge in [0, 0.05) is 38.8 Å². The topological polar surface area (TPSA) is 35.6 Å². The van der Waals surface area contributed by atoms with Crippen LogP contribution in [0.25, 0.3) is 0 Å². The summed E-state index contributed by atoms with van der Waals surface area (Å²) >= 11 is 6.17. The molecule has 0 saturated carbocycles. The Bertz CT molecular complexity index is 442. The number of piperazine rings is 1. The van der Waals surface area contributed by atoms with Gasteiger partial charge in [0.05, 0.1) is 10.7 Å². The minimum Gasteiger partial charge on any atom is -0.369 e. The van der Waals surface area contributed by atoms with Crippen molar-refractivity contribution in [3.05, 3.63) is 23.2 Å². The number of carbonyl (C=O) groups is 1. The lowest BCUT2D eigenvalue weighted by molar-refractivity contribution is -0.114. The lowest BCUT2D eigenvalue weighted by Gasteiger charge is -2.34. The van der Waals surface area contributed by atoms with E-state index in [9.17, 15) is 4.79 Å². The van der Waals surface area contributed by atoms with Crippen LogP contribution < -0.4 is 10.2 Å². The van der Waals surface area contributed by atoms with Gasteiger partial charge in [-0.25, -0.2) is 0 Å². The molecule has 1 aromatic rings. The Balaban J connectivity index is 2.11. The van der Waals surface area contributed by atoms with Crippen molar-refractivity contribution in [1.29, 1.82) is 0 Å². The van der Waals surface area contributed by atoms with E-state index in [0.29, 0.717) is 10.7 Å². The van der Waals surface area contributed by atoms with Crippen molar-refractivity contribution in [3.63, 3.8) is 0 Å². The molecule has 4 nitrogen and oxygen atoms in total. The summed E-state index contributed by atoms with van der Waals surface area (Å²) < 4.78 is 0. The SMILES string of the molecule is CC(=O)Nc1ccc(N2CCN(C)CC2)cc1Cl. The molecule has 0 bridgehead atoms. The molecule has 0 radical (unpaired) electrons. The Morgan fingerprint density at radius 1 is 1.28 bits per heavy atom. The molecule has 18 heavy (non-hydrogen) atoms. The second-order valence-electron chi connectivity index (χ2n) is 4.64. The maximum atomic E-state index is 11.0. The van der Waals surface area contributed by atoms with E-state index in [-0.39, 0.29) is 5.91 Å². The molecule has 0 unspecified atom stereocenters. The highest BCUT2D eigenvalue weighted by molar-refractivity contribution is 6.34. The number of nitrogens with one attached hydrogen (secondary N) is 1. The van der Waals surface area contributed by atoms with Crippen molar-refractivity contribution in [3.8, 4) is 0 Å². The van der Waals surface area contributed by atoms with Crippen LogP contribution in [0.5, 0.6) is 0 Å². The quantitative estimate of drug-likeness (QED) is 0.891. The summed E-state index contributed by atoms with van der Waals surface area (Å²) in [5.41, 5.74) is 1.78. The zero-order chi connectivity index (χ0) is 13.1. The van der Waals surface area contributed by atoms with E-state index in [1.165, 1.54) is 6.92 Å². The Labute approximate surface area is 113 Å². The first-order valence-electron chi connectivity index (χ1n) is 6.07. The molecule has 98 valence electrons. The number of nitrogens with zero attached hydrogens (tertiary/aromatic N) is 2. The Morgan fingerprint density at radius 2 is 1.94 bits per heavy atom. The molecule has 0 aromatic heterocycles. The van der Waals surface area contributed by atoms with E-state index in [2.05, 4.69) is 22.2 Å². The smallest absolute Gasteiger partial charge is 0.221 e. The predicted octanol–water partition coefficient (Wildman–Crippen LogP) is 2.05. The number of carbonyl (C=O) groups excluding carboxylic acids is 1. The molecule has 1 aliphatic rings. The second kappa shape index (κ2) is 5.59. The van der Waals surface area contributed by atoms with Crippen molar-refractivity contribution in [2.75, 3.05) is 43.4 Å². The summed E-state index contributed by atoms with van der Waals surface area (Å²) in [6.07, 6.45) is 0. The fourth-order valence-electron chi connectivity index (χ4n) is 2.06. The molecule has 1 fully saturated rings. The minimum absolute atomic E-state index is 0.107. The number of halogens is 1. The number of hydrogen-bond donors (Lipinski definition) is 1. The largest absolute Gasteiger partial charge is 0.369 e. The molecular formula is C13H18ClN3O. The first-order chi connectivity index (χ1) is 8.56. The number of amides is 1. The van der Waals surface area contributed by atoms with Gasteiger partial charge in [0.25, 0.3) is 0 Å². The van der Waals surface area contributed by atoms with Crippen LogP contribution in [0.3, 0.4) is 0 Å². The van der Waals surface area contributed by atoms with E-state index in [1.54, 1.807) is 0 Å². The number of hydrogen-bond acceptors (Lipinski definition) is 3. The molecule has 1 saturated heterocycles. The van der Waals surface area contributed by atoms with Gasteiger partial charge < -0.3 is 15.1 Å². The van der Waals surface area contributed by atoms with E-state index in [1.807, 2.05) is 18.2 Å². The van der Waals surface area contributed by atoms with Crippen LogP contribution in [-0.4, -0.2) is 44.0 Å². The number of rotatable bonds is 2. The third-order valence-corrected chi connectivity index (χ3v) is 3.44. The van der Waals surface area contributed by atoms with Crippen molar-refractivity contribution in [2.24, 2.45) is 0 Å². The summed E-state index contributed by atoms with van der Waals surface area (Å²) in [6, 6.07) is 5.78. The number of likely N-dealkylation sites (N-methyl/N-ethyl adjacent to an activating group) is 1. The van der Waals surface area contributed by atoms with Crippen LogP contribution in [0.4, 0.5) is 11.4 Å². The van der Waals surface area contributed by atoms with Gasteiger partial charge in [-0.05, 0) is 25.2 Å². The fraction of sp³-hybridized carbons (Fsp3) is 0.462. The van der Waals surface area contributed by atoms with Gasteiger partial charge in [-0.2, -0.15) is 0 Å². The molecule has 1 aliphatic heterocycles. The summed E-state index contributed by atoms with van der Waals surface area (Å²) in [5, 5.41) is 3.30. The first kappa shape index (κ1) is 13.2. The van der Waals surface area contributed by atoms with E-state index in [0.717, 1.165) is 31.9 Å². The second-order valence-corrected chi connectivity index (χ2v) is 5.04. The summed E-state index contributed by atoms with van der Waals surface area (Å²) in [7, 11) is 2.13. The van der Waals surface area contributed by atoms with Crippen LogP contribution >= 0.6 is 11.6 Å². The monoisotopic (exact) mass is 267 g/mol. The maximum Gasteiger partial charge on any atom is 0.221 e. The number of benzene rings is 1. The maximum absolute atomic E-state index is 11.0. The molecule has 0 aliphatic carbocycles. The van der Waals surface area contributed by atoms with Gasteiger partial charge in [-0.15, -0.1) is 0 Å². The van der Waals surface area contributed by atoms with E-state index >= 15 is 0 Å². The first-order valence-corrected chi connectivity index (χ1v) is 6.44. The Kier molecular flexibility index (Phi) is 4.09. The highest BCUT2D eigenvalue weighted by atomic mass is 35.5. The van der Waals surface area contributed by atoms with Crippen LogP contribution in [0.1, 0.15) is 6.92 Å². The predicted molar refractivity (Wildman–Crippen MR) is 75.5 cm³/mol. The van der Waals surface area contributed by atoms with Crippen LogP contribution in [0.15, 0.2) is 18.2 Å². The molecular weight excluding hydrogens is 250 g/mol. The van der Waals surface area contributed by atoms with Gasteiger partial charge >= 0.3 is 0 Å². The van der Waals surface area contributed by atoms with Crippen molar-refractivity contribution < 1.29 is 4.79 Å². The number of anilines is 2. The van der Waals surface area contributed by atoms with Crippen molar-refractivity contribution in [2.45, 2.75) is 6.92 Å². The third-order valence-electron chi connectivity index (χ3n) is 3.13. The van der Waals surface area contributed by atoms with Gasteiger partial charge in [-0.1, -0.05) is 11.6 Å². The molecule has 1 amide bonds. The van der Waals surface area contributed by atoms with Crippen LogP contribution in [0, 0.1) is 0 Å². The molecule has 1 heterocycles. The van der Waals surface area contributed by atoms with Gasteiger partial charge in [-0.3, -0.25) is 4.79 Å². The van der Waals surface area contributed by atoms with E-state index < -0.39 is 0 Å². The Morgan fingerprint density at radius 3 is 2.50 bits per heavy atom. The summed E-state index contributed by atoms with van der Waals surface area (Å²) in [5.74, 6) is -0.107. The average molecular weight is 268 g/mol. The van der Waals surface area contributed by atoms with Crippen molar-refractivity contribution >= 4 is 28.9 Å². The summed E-state index contributed by atoms with van der Waals surface area (Å²) in [6.45, 7) is 5.61. The lowest BCUT2D eigenvalue weighted by Crippen LogP contribution is -2.44. The molecule has 0 atom stereocenters. The standard InChI is InChI=1S/C13H18ClN3O/c1-10(18)15-13-4-3-11(9-12(13)14)17-7-5-16(2)6-8-17/h3-4,9H,5-8H2,1-2H3,(H,15,18). The van der Waals surface area contributed by atoms with Gasteiger partial charge in [0.1, 0.15) is 0 Å². The van der Waals surface area contributed by atoms with Crippen LogP contribution in [-0.2, 0) is 4.79 Å². The molecule has 5 heteroatoms. The van der Waals surface area contributed by atoms with E-state index in [4.69, 9.17) is 11.6 Å². The highest BCUT2D eigenvalue weighted by Gasteiger charge is 2.15. The minimum atomic E-state index is -0.107. The third kappa shape index (κ3) is 3.15. The molecule has 2 rings (SSSR count). The lowest BCUT2D eigenvalue weighted by atomic mass is 10.2. The molecule has 0 spiro atoms. The zero-order valence-corrected chi connectivity index (χ0v) is 11.5. The zero-order valence-electron chi connectivity index (χ0n) is 10.7. The molecule has 1 N–H and O–H groups in total. The average Bonchev–Trinajstić information content (AvgIpc) is 2.32. The normalized spacial score (nSPS) is 16.7. The van der Waals surface area contributed by atoms with Crippen molar-refractivity contribution in [1.82, 2.24) is 4.90 Å².